The monoisotopic (exact) mass is 289 g/mol. The van der Waals surface area contributed by atoms with Crippen molar-refractivity contribution in [3.05, 3.63) is 0 Å². The highest BCUT2D eigenvalue weighted by molar-refractivity contribution is 6.90. The summed E-state index contributed by atoms with van der Waals surface area (Å²) in [5.41, 5.74) is 0. The van der Waals surface area contributed by atoms with Crippen LogP contribution in [0.25, 0.3) is 0 Å². The predicted molar refractivity (Wildman–Crippen MR) is 88.5 cm³/mol. The SMILES string of the molecule is CCCN[Si](C)(NCCC)N[Si](CC)(CC)CC. The van der Waals surface area contributed by atoms with Crippen LogP contribution < -0.4 is 14.6 Å². The smallest absolute Gasteiger partial charge is 0.271 e. The van der Waals surface area contributed by atoms with Gasteiger partial charge in [0, 0.05) is 0 Å². The molecule has 0 radical (unpaired) electrons. The standard InChI is InChI=1S/C13H35N3Si2/c1-7-12-14-17(6,15-13-8-2)16-18(9-3,10-4)11-5/h14-16H,7-13H2,1-6H3. The largest absolute Gasteiger partial charge is 0.335 e. The van der Waals surface area contributed by atoms with Crippen molar-refractivity contribution in [2.45, 2.75) is 72.1 Å². The van der Waals surface area contributed by atoms with Crippen molar-refractivity contribution in [2.24, 2.45) is 0 Å². The van der Waals surface area contributed by atoms with Gasteiger partial charge in [-0.3, -0.25) is 0 Å². The van der Waals surface area contributed by atoms with Crippen LogP contribution >= 0.6 is 0 Å². The Hall–Kier alpha value is 0.314. The van der Waals surface area contributed by atoms with Crippen molar-refractivity contribution in [1.29, 1.82) is 0 Å². The topological polar surface area (TPSA) is 36.1 Å². The lowest BCUT2D eigenvalue weighted by molar-refractivity contribution is 0.750. The molecule has 18 heavy (non-hydrogen) atoms. The summed E-state index contributed by atoms with van der Waals surface area (Å²) in [6.45, 7) is 16.2. The molecule has 3 N–H and O–H groups in total. The molecule has 0 saturated heterocycles. The summed E-state index contributed by atoms with van der Waals surface area (Å²) < 4.78 is 4.12. The van der Waals surface area contributed by atoms with E-state index in [4.69, 9.17) is 0 Å². The van der Waals surface area contributed by atoms with Crippen LogP contribution in [-0.4, -0.2) is 29.9 Å². The van der Waals surface area contributed by atoms with E-state index in [1.54, 1.807) is 0 Å². The molecule has 0 aromatic rings. The Kier molecular flexibility index (Phi) is 9.42. The third-order valence-corrected chi connectivity index (χ3v) is 14.1. The van der Waals surface area contributed by atoms with Gasteiger partial charge in [-0.1, -0.05) is 34.6 Å². The first-order valence-electron chi connectivity index (χ1n) is 7.80. The van der Waals surface area contributed by atoms with Gasteiger partial charge < -0.3 is 14.6 Å². The molecule has 110 valence electrons. The Labute approximate surface area is 117 Å². The Morgan fingerprint density at radius 2 is 1.11 bits per heavy atom. The van der Waals surface area contributed by atoms with Crippen LogP contribution in [0.15, 0.2) is 0 Å². The molecule has 0 bridgehead atoms. The van der Waals surface area contributed by atoms with Crippen LogP contribution in [-0.2, 0) is 0 Å². The van der Waals surface area contributed by atoms with Crippen molar-refractivity contribution in [1.82, 2.24) is 14.6 Å². The first kappa shape index (κ1) is 18.3. The summed E-state index contributed by atoms with van der Waals surface area (Å²) in [6, 6.07) is 4.01. The molecule has 0 aliphatic carbocycles. The van der Waals surface area contributed by atoms with Gasteiger partial charge in [0.05, 0.1) is 0 Å². The average molecular weight is 290 g/mol. The van der Waals surface area contributed by atoms with Crippen LogP contribution in [0.4, 0.5) is 0 Å². The Morgan fingerprint density at radius 1 is 0.722 bits per heavy atom. The van der Waals surface area contributed by atoms with Gasteiger partial charge in [-0.05, 0) is 50.6 Å². The van der Waals surface area contributed by atoms with Crippen molar-refractivity contribution in [2.75, 3.05) is 13.1 Å². The lowest BCUT2D eigenvalue weighted by Gasteiger charge is -2.40. The second-order valence-corrected chi connectivity index (χ2v) is 14.1. The highest BCUT2D eigenvalue weighted by atomic mass is 28.4. The highest BCUT2D eigenvalue weighted by Gasteiger charge is 2.37. The summed E-state index contributed by atoms with van der Waals surface area (Å²) >= 11 is 0. The lowest BCUT2D eigenvalue weighted by atomic mass is 10.5. The van der Waals surface area contributed by atoms with Gasteiger partial charge in [-0.25, -0.2) is 0 Å². The van der Waals surface area contributed by atoms with Gasteiger partial charge in [-0.2, -0.15) is 0 Å². The molecular formula is C13H35N3Si2. The van der Waals surface area contributed by atoms with E-state index in [-0.39, 0.29) is 0 Å². The van der Waals surface area contributed by atoms with Gasteiger partial charge in [0.2, 0.25) is 0 Å². The van der Waals surface area contributed by atoms with E-state index in [0.29, 0.717) is 0 Å². The normalized spacial score (nSPS) is 13.0. The minimum Gasteiger partial charge on any atom is -0.335 e. The third kappa shape index (κ3) is 5.97. The van der Waals surface area contributed by atoms with Crippen molar-refractivity contribution >= 4 is 16.8 Å². The predicted octanol–water partition coefficient (Wildman–Crippen LogP) is 3.15. The third-order valence-electron chi connectivity index (χ3n) is 4.00. The second kappa shape index (κ2) is 9.25. The molecule has 0 atom stereocenters. The molecule has 0 aromatic heterocycles. The fourth-order valence-corrected chi connectivity index (χ4v) is 12.6. The van der Waals surface area contributed by atoms with Crippen LogP contribution in [0.3, 0.4) is 0 Å². The van der Waals surface area contributed by atoms with E-state index in [0.717, 1.165) is 13.1 Å². The van der Waals surface area contributed by atoms with Gasteiger partial charge in [0.15, 0.2) is 0 Å². The van der Waals surface area contributed by atoms with Gasteiger partial charge in [0.25, 0.3) is 8.56 Å². The zero-order valence-corrected chi connectivity index (χ0v) is 15.4. The van der Waals surface area contributed by atoms with Crippen molar-refractivity contribution < 1.29 is 0 Å². The van der Waals surface area contributed by atoms with E-state index in [1.165, 1.54) is 31.0 Å². The molecule has 0 heterocycles. The Balaban J connectivity index is 4.72. The quantitative estimate of drug-likeness (QED) is 0.511. The maximum absolute atomic E-state index is 4.12. The van der Waals surface area contributed by atoms with E-state index in [9.17, 15) is 0 Å². The summed E-state index contributed by atoms with van der Waals surface area (Å²) in [5, 5.41) is 0. The molecule has 0 amide bonds. The molecule has 0 rings (SSSR count). The Morgan fingerprint density at radius 3 is 1.39 bits per heavy atom. The molecule has 0 spiro atoms. The summed E-state index contributed by atoms with van der Waals surface area (Å²) in [5.74, 6) is 0. The van der Waals surface area contributed by atoms with Gasteiger partial charge in [0.1, 0.15) is 8.24 Å². The molecule has 0 saturated carbocycles. The molecule has 0 fully saturated rings. The fourth-order valence-electron chi connectivity index (χ4n) is 2.45. The number of rotatable bonds is 11. The van der Waals surface area contributed by atoms with Gasteiger partial charge in [-0.15, -0.1) is 0 Å². The highest BCUT2D eigenvalue weighted by Crippen LogP contribution is 2.18. The molecule has 0 aliphatic heterocycles. The maximum atomic E-state index is 4.12. The molecule has 5 heteroatoms. The number of nitrogens with one attached hydrogen (secondary N) is 3. The molecule has 0 unspecified atom stereocenters. The maximum Gasteiger partial charge on any atom is 0.271 e. The summed E-state index contributed by atoms with van der Waals surface area (Å²) in [6.07, 6.45) is 2.41. The zero-order chi connectivity index (χ0) is 14.1. The van der Waals surface area contributed by atoms with Crippen LogP contribution in [0.1, 0.15) is 47.5 Å². The van der Waals surface area contributed by atoms with Crippen molar-refractivity contribution in [3.8, 4) is 0 Å². The van der Waals surface area contributed by atoms with E-state index < -0.39 is 16.8 Å². The first-order valence-corrected chi connectivity index (χ1v) is 12.9. The Bertz CT molecular complexity index is 192. The fraction of sp³-hybridized carbons (Fsp3) is 1.00. The minimum atomic E-state index is -1.68. The first-order chi connectivity index (χ1) is 8.51. The van der Waals surface area contributed by atoms with E-state index in [2.05, 4.69) is 55.8 Å². The zero-order valence-electron chi connectivity index (χ0n) is 13.4. The van der Waals surface area contributed by atoms with Crippen LogP contribution in [0.5, 0.6) is 0 Å². The number of hydrogen-bond acceptors (Lipinski definition) is 3. The van der Waals surface area contributed by atoms with Gasteiger partial charge >= 0.3 is 0 Å². The number of hydrogen-bond donors (Lipinski definition) is 3. The summed E-state index contributed by atoms with van der Waals surface area (Å²) in [7, 11) is -2.94. The summed E-state index contributed by atoms with van der Waals surface area (Å²) in [4.78, 5) is 7.58. The molecule has 0 aromatic carbocycles. The van der Waals surface area contributed by atoms with E-state index >= 15 is 0 Å². The molecular weight excluding hydrogens is 254 g/mol. The van der Waals surface area contributed by atoms with Crippen LogP contribution in [0, 0.1) is 0 Å². The second-order valence-electron chi connectivity index (χ2n) is 5.44. The average Bonchev–Trinajstić information content (AvgIpc) is 2.41. The lowest BCUT2D eigenvalue weighted by Crippen LogP contribution is -2.76. The molecule has 3 nitrogen and oxygen atoms in total. The van der Waals surface area contributed by atoms with Crippen molar-refractivity contribution in [3.63, 3.8) is 0 Å². The minimum absolute atomic E-state index is 1.12. The molecule has 0 aliphatic rings. The van der Waals surface area contributed by atoms with Crippen LogP contribution in [0.2, 0.25) is 24.7 Å². The van der Waals surface area contributed by atoms with E-state index in [1.807, 2.05) is 0 Å².